The molecule has 4 rings (SSSR count). The van der Waals surface area contributed by atoms with E-state index in [1.165, 1.54) is 0 Å². The molecule has 1 heterocycles. The highest BCUT2D eigenvalue weighted by atomic mass is 35.5. The van der Waals surface area contributed by atoms with Gasteiger partial charge in [0, 0.05) is 21.7 Å². The Kier molecular flexibility index (Phi) is 6.69. The lowest BCUT2D eigenvalue weighted by molar-refractivity contribution is 1.04. The van der Waals surface area contributed by atoms with Gasteiger partial charge >= 0.3 is 0 Å². The van der Waals surface area contributed by atoms with Crippen LogP contribution in [0, 0.1) is 0 Å². The predicted molar refractivity (Wildman–Crippen MR) is 134 cm³/mol. The monoisotopic (exact) mass is 435 g/mol. The lowest BCUT2D eigenvalue weighted by Crippen LogP contribution is -2.02. The Bertz CT molecular complexity index is 1310. The summed E-state index contributed by atoms with van der Waals surface area (Å²) in [5.41, 5.74) is 4.79. The molecule has 0 unspecified atom stereocenters. The zero-order valence-electron chi connectivity index (χ0n) is 17.7. The molecule has 0 bridgehead atoms. The SMILES string of the molecule is C=C/C=C(\C=C/C)c1nc(-c2ccccc2)nc(-c2cccc(-c3cccc(Cl)c3)c2)n1. The Morgan fingerprint density at radius 1 is 0.750 bits per heavy atom. The van der Waals surface area contributed by atoms with Crippen molar-refractivity contribution in [3.05, 3.63) is 121 Å². The van der Waals surface area contributed by atoms with E-state index in [2.05, 4.69) is 18.7 Å². The summed E-state index contributed by atoms with van der Waals surface area (Å²) in [6.07, 6.45) is 7.57. The first-order valence-corrected chi connectivity index (χ1v) is 10.7. The van der Waals surface area contributed by atoms with Gasteiger partial charge in [0.15, 0.2) is 17.5 Å². The summed E-state index contributed by atoms with van der Waals surface area (Å²) in [5, 5.41) is 0.701. The molecule has 0 amide bonds. The van der Waals surface area contributed by atoms with Crippen molar-refractivity contribution in [1.29, 1.82) is 0 Å². The second-order valence-corrected chi connectivity index (χ2v) is 7.56. The molecule has 4 aromatic rings. The Hall–Kier alpha value is -3.82. The molecule has 0 aliphatic heterocycles. The van der Waals surface area contributed by atoms with Crippen LogP contribution in [-0.2, 0) is 0 Å². The van der Waals surface area contributed by atoms with Crippen molar-refractivity contribution in [2.24, 2.45) is 0 Å². The molecule has 3 nitrogen and oxygen atoms in total. The second kappa shape index (κ2) is 9.99. The Balaban J connectivity index is 1.88. The third-order valence-corrected chi connectivity index (χ3v) is 5.08. The molecule has 0 radical (unpaired) electrons. The maximum absolute atomic E-state index is 6.20. The summed E-state index contributed by atoms with van der Waals surface area (Å²) in [7, 11) is 0. The number of hydrogen-bond donors (Lipinski definition) is 0. The number of allylic oxidation sites excluding steroid dienone is 5. The standard InChI is InChI=1S/C28H22ClN3/c1-3-10-20(11-4-2)26-30-27(21-12-6-5-7-13-21)32-28(31-26)24-16-8-14-22(18-24)23-15-9-17-25(29)19-23/h3-19H,1H2,2H3/b11-4-,20-10+. The Morgan fingerprint density at radius 2 is 1.38 bits per heavy atom. The van der Waals surface area contributed by atoms with Gasteiger partial charge in [0.25, 0.3) is 0 Å². The normalized spacial score (nSPS) is 11.6. The fourth-order valence-corrected chi connectivity index (χ4v) is 3.56. The maximum atomic E-state index is 6.20. The molecule has 0 aliphatic carbocycles. The second-order valence-electron chi connectivity index (χ2n) is 7.12. The first-order valence-electron chi connectivity index (χ1n) is 10.3. The quantitative estimate of drug-likeness (QED) is 0.291. The van der Waals surface area contributed by atoms with Crippen LogP contribution in [-0.4, -0.2) is 15.0 Å². The lowest BCUT2D eigenvalue weighted by Gasteiger charge is -2.10. The lowest BCUT2D eigenvalue weighted by atomic mass is 10.0. The summed E-state index contributed by atoms with van der Waals surface area (Å²) in [6, 6.07) is 25.9. The molecular weight excluding hydrogens is 414 g/mol. The van der Waals surface area contributed by atoms with Crippen molar-refractivity contribution >= 4 is 17.2 Å². The molecule has 3 aromatic carbocycles. The van der Waals surface area contributed by atoms with Crippen LogP contribution < -0.4 is 0 Å². The smallest absolute Gasteiger partial charge is 0.164 e. The van der Waals surface area contributed by atoms with Crippen molar-refractivity contribution in [3.63, 3.8) is 0 Å². The van der Waals surface area contributed by atoms with Crippen LogP contribution in [0.3, 0.4) is 0 Å². The fraction of sp³-hybridized carbons (Fsp3) is 0.0357. The van der Waals surface area contributed by atoms with Gasteiger partial charge in [0.1, 0.15) is 0 Å². The minimum absolute atomic E-state index is 0.597. The van der Waals surface area contributed by atoms with Gasteiger partial charge in [-0.05, 0) is 36.2 Å². The molecule has 0 saturated carbocycles. The van der Waals surface area contributed by atoms with E-state index < -0.39 is 0 Å². The summed E-state index contributed by atoms with van der Waals surface area (Å²) in [6.45, 7) is 5.79. The third kappa shape index (κ3) is 4.90. The van der Waals surface area contributed by atoms with E-state index in [0.29, 0.717) is 22.5 Å². The molecule has 0 N–H and O–H groups in total. The number of halogens is 1. The highest BCUT2D eigenvalue weighted by Crippen LogP contribution is 2.28. The molecule has 4 heteroatoms. The number of benzene rings is 3. The molecule has 0 aliphatic rings. The summed E-state index contributed by atoms with van der Waals surface area (Å²) < 4.78 is 0. The minimum atomic E-state index is 0.597. The summed E-state index contributed by atoms with van der Waals surface area (Å²) in [5.74, 6) is 1.83. The number of nitrogens with zero attached hydrogens (tertiary/aromatic N) is 3. The molecule has 0 saturated heterocycles. The van der Waals surface area contributed by atoms with E-state index in [4.69, 9.17) is 26.6 Å². The number of hydrogen-bond acceptors (Lipinski definition) is 3. The van der Waals surface area contributed by atoms with Gasteiger partial charge in [-0.3, -0.25) is 0 Å². The molecule has 32 heavy (non-hydrogen) atoms. The van der Waals surface area contributed by atoms with Crippen LogP contribution in [0.5, 0.6) is 0 Å². The first kappa shape index (κ1) is 21.4. The molecule has 156 valence electrons. The van der Waals surface area contributed by atoms with Gasteiger partial charge in [-0.1, -0.05) is 103 Å². The van der Waals surface area contributed by atoms with E-state index in [9.17, 15) is 0 Å². The summed E-state index contributed by atoms with van der Waals surface area (Å²) in [4.78, 5) is 14.4. The summed E-state index contributed by atoms with van der Waals surface area (Å²) >= 11 is 6.20. The van der Waals surface area contributed by atoms with E-state index in [1.807, 2.05) is 91.9 Å². The maximum Gasteiger partial charge on any atom is 0.164 e. The average molecular weight is 436 g/mol. The van der Waals surface area contributed by atoms with E-state index in [0.717, 1.165) is 27.8 Å². The third-order valence-electron chi connectivity index (χ3n) is 4.85. The zero-order valence-corrected chi connectivity index (χ0v) is 18.5. The minimum Gasteiger partial charge on any atom is -0.208 e. The van der Waals surface area contributed by atoms with Crippen molar-refractivity contribution in [2.75, 3.05) is 0 Å². The molecule has 0 fully saturated rings. The van der Waals surface area contributed by atoms with Crippen LogP contribution in [0.15, 0.2) is 110 Å². The van der Waals surface area contributed by atoms with Crippen molar-refractivity contribution in [2.45, 2.75) is 6.92 Å². The van der Waals surface area contributed by atoms with Crippen LogP contribution >= 0.6 is 11.6 Å². The van der Waals surface area contributed by atoms with Gasteiger partial charge in [-0.25, -0.2) is 15.0 Å². The topological polar surface area (TPSA) is 38.7 Å². The Morgan fingerprint density at radius 3 is 2.06 bits per heavy atom. The van der Waals surface area contributed by atoms with Crippen LogP contribution in [0.2, 0.25) is 5.02 Å². The van der Waals surface area contributed by atoms with Gasteiger partial charge in [0.2, 0.25) is 0 Å². The first-order chi connectivity index (χ1) is 15.7. The van der Waals surface area contributed by atoms with Gasteiger partial charge in [-0.2, -0.15) is 0 Å². The van der Waals surface area contributed by atoms with E-state index >= 15 is 0 Å². The van der Waals surface area contributed by atoms with Gasteiger partial charge in [0.05, 0.1) is 0 Å². The number of aromatic nitrogens is 3. The average Bonchev–Trinajstić information content (AvgIpc) is 2.84. The molecule has 0 atom stereocenters. The largest absolute Gasteiger partial charge is 0.208 e. The highest BCUT2D eigenvalue weighted by Gasteiger charge is 2.13. The fourth-order valence-electron chi connectivity index (χ4n) is 3.37. The van der Waals surface area contributed by atoms with Crippen LogP contribution in [0.4, 0.5) is 0 Å². The molecular formula is C28H22ClN3. The number of rotatable bonds is 6. The van der Waals surface area contributed by atoms with E-state index in [1.54, 1.807) is 6.08 Å². The van der Waals surface area contributed by atoms with Crippen LogP contribution in [0.25, 0.3) is 39.5 Å². The Labute approximate surface area is 193 Å². The van der Waals surface area contributed by atoms with Crippen molar-refractivity contribution in [1.82, 2.24) is 15.0 Å². The van der Waals surface area contributed by atoms with Crippen molar-refractivity contribution in [3.8, 4) is 33.9 Å². The van der Waals surface area contributed by atoms with Gasteiger partial charge < -0.3 is 0 Å². The molecule has 0 spiro atoms. The van der Waals surface area contributed by atoms with E-state index in [-0.39, 0.29) is 0 Å². The van der Waals surface area contributed by atoms with Gasteiger partial charge in [-0.15, -0.1) is 0 Å². The molecule has 1 aromatic heterocycles. The zero-order chi connectivity index (χ0) is 22.3. The predicted octanol–water partition coefficient (Wildman–Crippen LogP) is 7.67. The van der Waals surface area contributed by atoms with Crippen molar-refractivity contribution < 1.29 is 0 Å². The highest BCUT2D eigenvalue weighted by molar-refractivity contribution is 6.30. The van der Waals surface area contributed by atoms with Crippen LogP contribution in [0.1, 0.15) is 12.7 Å².